The Balaban J connectivity index is 3.03. The summed E-state index contributed by atoms with van der Waals surface area (Å²) in [6.07, 6.45) is -4.51. The fourth-order valence-electron chi connectivity index (χ4n) is 1.03. The second-order valence-electron chi connectivity index (χ2n) is 2.88. The van der Waals surface area contributed by atoms with E-state index in [9.17, 15) is 13.2 Å². The van der Waals surface area contributed by atoms with E-state index in [0.29, 0.717) is 0 Å². The maximum atomic E-state index is 12.5. The average molecular weight is 260 g/mol. The van der Waals surface area contributed by atoms with E-state index in [2.05, 4.69) is 21.9 Å². The van der Waals surface area contributed by atoms with Crippen LogP contribution < -0.4 is 0 Å². The van der Waals surface area contributed by atoms with Crippen LogP contribution in [-0.2, 0) is 6.18 Å². The van der Waals surface area contributed by atoms with E-state index in [1.807, 2.05) is 0 Å². The van der Waals surface area contributed by atoms with Crippen molar-refractivity contribution in [1.82, 2.24) is 0 Å². The molecule has 0 aromatic heterocycles. The zero-order valence-electron chi connectivity index (χ0n) is 8.29. The van der Waals surface area contributed by atoms with E-state index in [0.717, 1.165) is 12.1 Å². The standard InChI is InChI=1S/C10H5ClF3N3/c11-9-4-3-7(2-1-5-16-17-15)6-8(9)10(12,13)14/h3-4,6H,5H2. The normalized spacial score (nSPS) is 10.1. The summed E-state index contributed by atoms with van der Waals surface area (Å²) in [5, 5.41) is 2.76. The second kappa shape index (κ2) is 5.48. The highest BCUT2D eigenvalue weighted by atomic mass is 35.5. The molecular weight excluding hydrogens is 255 g/mol. The van der Waals surface area contributed by atoms with Crippen molar-refractivity contribution in [3.8, 4) is 11.8 Å². The third kappa shape index (κ3) is 3.91. The SMILES string of the molecule is [N-]=[N+]=NCC#Cc1ccc(Cl)c(C(F)(F)F)c1. The summed E-state index contributed by atoms with van der Waals surface area (Å²) < 4.78 is 37.4. The summed E-state index contributed by atoms with van der Waals surface area (Å²) in [6.45, 7) is -0.0967. The van der Waals surface area contributed by atoms with Crippen molar-refractivity contribution in [3.05, 3.63) is 44.8 Å². The van der Waals surface area contributed by atoms with Crippen molar-refractivity contribution in [2.75, 3.05) is 6.54 Å². The molecule has 0 radical (unpaired) electrons. The van der Waals surface area contributed by atoms with E-state index < -0.39 is 11.7 Å². The van der Waals surface area contributed by atoms with Gasteiger partial charge in [-0.2, -0.15) is 13.2 Å². The van der Waals surface area contributed by atoms with Crippen LogP contribution in [0.2, 0.25) is 5.02 Å². The van der Waals surface area contributed by atoms with Gasteiger partial charge in [0.25, 0.3) is 0 Å². The number of hydrogen-bond donors (Lipinski definition) is 0. The van der Waals surface area contributed by atoms with E-state index in [4.69, 9.17) is 17.1 Å². The molecule has 1 aromatic rings. The first kappa shape index (κ1) is 13.2. The Bertz CT molecular complexity index is 522. The third-order valence-corrected chi connectivity index (χ3v) is 2.05. The lowest BCUT2D eigenvalue weighted by molar-refractivity contribution is -0.137. The van der Waals surface area contributed by atoms with Crippen molar-refractivity contribution in [3.63, 3.8) is 0 Å². The topological polar surface area (TPSA) is 48.8 Å². The number of azide groups is 1. The van der Waals surface area contributed by atoms with Crippen LogP contribution >= 0.6 is 11.6 Å². The molecule has 1 rings (SSSR count). The monoisotopic (exact) mass is 259 g/mol. The number of hydrogen-bond acceptors (Lipinski definition) is 1. The van der Waals surface area contributed by atoms with Crippen LogP contribution in [0.1, 0.15) is 11.1 Å². The van der Waals surface area contributed by atoms with Gasteiger partial charge in [-0.1, -0.05) is 28.6 Å². The lowest BCUT2D eigenvalue weighted by Crippen LogP contribution is -2.06. The number of halogens is 4. The first-order chi connectivity index (χ1) is 7.95. The smallest absolute Gasteiger partial charge is 0.166 e. The molecule has 0 N–H and O–H groups in total. The molecule has 0 saturated carbocycles. The van der Waals surface area contributed by atoms with E-state index in [1.165, 1.54) is 6.07 Å². The third-order valence-electron chi connectivity index (χ3n) is 1.72. The molecule has 0 atom stereocenters. The molecule has 7 heteroatoms. The van der Waals surface area contributed by atoms with Gasteiger partial charge in [0.1, 0.15) is 0 Å². The minimum atomic E-state index is -4.51. The molecule has 0 aliphatic carbocycles. The van der Waals surface area contributed by atoms with Crippen LogP contribution in [0.25, 0.3) is 10.4 Å². The van der Waals surface area contributed by atoms with Crippen molar-refractivity contribution in [2.24, 2.45) is 5.11 Å². The van der Waals surface area contributed by atoms with Gasteiger partial charge in [-0.05, 0) is 23.7 Å². The molecule has 0 bridgehead atoms. The van der Waals surface area contributed by atoms with Gasteiger partial charge in [0.05, 0.1) is 17.1 Å². The maximum Gasteiger partial charge on any atom is 0.417 e. The highest BCUT2D eigenvalue weighted by Crippen LogP contribution is 2.34. The Hall–Kier alpha value is -1.83. The second-order valence-corrected chi connectivity index (χ2v) is 3.29. The highest BCUT2D eigenvalue weighted by molar-refractivity contribution is 6.31. The highest BCUT2D eigenvalue weighted by Gasteiger charge is 2.33. The van der Waals surface area contributed by atoms with Crippen LogP contribution in [0.4, 0.5) is 13.2 Å². The Kier molecular flexibility index (Phi) is 4.27. The van der Waals surface area contributed by atoms with E-state index in [-0.39, 0.29) is 17.1 Å². The first-order valence-electron chi connectivity index (χ1n) is 4.31. The first-order valence-corrected chi connectivity index (χ1v) is 4.69. The Morgan fingerprint density at radius 2 is 2.12 bits per heavy atom. The number of rotatable bonds is 1. The minimum Gasteiger partial charge on any atom is -0.166 e. The summed E-state index contributed by atoms with van der Waals surface area (Å²) in [5.41, 5.74) is 7.20. The lowest BCUT2D eigenvalue weighted by Gasteiger charge is -2.08. The van der Waals surface area contributed by atoms with Gasteiger partial charge >= 0.3 is 6.18 Å². The molecule has 0 aliphatic rings. The molecule has 0 fully saturated rings. The van der Waals surface area contributed by atoms with E-state index >= 15 is 0 Å². The van der Waals surface area contributed by atoms with Crippen molar-refractivity contribution < 1.29 is 13.2 Å². The molecule has 0 amide bonds. The Morgan fingerprint density at radius 3 is 2.71 bits per heavy atom. The molecule has 0 spiro atoms. The summed E-state index contributed by atoms with van der Waals surface area (Å²) in [5.74, 6) is 4.87. The molecular formula is C10H5ClF3N3. The predicted octanol–water partition coefficient (Wildman–Crippen LogP) is 4.02. The van der Waals surface area contributed by atoms with Crippen LogP contribution in [0, 0.1) is 11.8 Å². The number of alkyl halides is 3. The Labute approximate surface area is 99.8 Å². The zero-order valence-corrected chi connectivity index (χ0v) is 9.05. The van der Waals surface area contributed by atoms with Crippen LogP contribution in [0.5, 0.6) is 0 Å². The van der Waals surface area contributed by atoms with Crippen LogP contribution in [0.3, 0.4) is 0 Å². The van der Waals surface area contributed by atoms with Crippen molar-refractivity contribution in [1.29, 1.82) is 0 Å². The molecule has 0 heterocycles. The maximum absolute atomic E-state index is 12.5. The fourth-order valence-corrected chi connectivity index (χ4v) is 1.25. The zero-order chi connectivity index (χ0) is 12.9. The van der Waals surface area contributed by atoms with E-state index in [1.54, 1.807) is 0 Å². The molecule has 0 aliphatic heterocycles. The minimum absolute atomic E-state index is 0.0967. The molecule has 17 heavy (non-hydrogen) atoms. The fraction of sp³-hybridized carbons (Fsp3) is 0.200. The van der Waals surface area contributed by atoms with Crippen LogP contribution in [0.15, 0.2) is 23.3 Å². The summed E-state index contributed by atoms with van der Waals surface area (Å²) in [7, 11) is 0. The molecule has 0 unspecified atom stereocenters. The lowest BCUT2D eigenvalue weighted by atomic mass is 10.1. The molecule has 88 valence electrons. The molecule has 0 saturated heterocycles. The molecule has 3 nitrogen and oxygen atoms in total. The van der Waals surface area contributed by atoms with Gasteiger partial charge in [-0.15, -0.1) is 0 Å². The van der Waals surface area contributed by atoms with Gasteiger partial charge < -0.3 is 0 Å². The van der Waals surface area contributed by atoms with Gasteiger partial charge in [-0.25, -0.2) is 0 Å². The summed E-state index contributed by atoms with van der Waals surface area (Å²) in [6, 6.07) is 3.34. The van der Waals surface area contributed by atoms with Gasteiger partial charge in [0.2, 0.25) is 0 Å². The molecule has 1 aromatic carbocycles. The largest absolute Gasteiger partial charge is 0.417 e. The van der Waals surface area contributed by atoms with Crippen molar-refractivity contribution in [2.45, 2.75) is 6.18 Å². The van der Waals surface area contributed by atoms with Gasteiger partial charge in [0.15, 0.2) is 0 Å². The quantitative estimate of drug-likeness (QED) is 0.317. The predicted molar refractivity (Wildman–Crippen MR) is 57.3 cm³/mol. The summed E-state index contributed by atoms with van der Waals surface area (Å²) >= 11 is 5.43. The summed E-state index contributed by atoms with van der Waals surface area (Å²) in [4.78, 5) is 2.46. The van der Waals surface area contributed by atoms with Gasteiger partial charge in [0, 0.05) is 10.5 Å². The van der Waals surface area contributed by atoms with Crippen molar-refractivity contribution >= 4 is 11.6 Å². The number of nitrogens with zero attached hydrogens (tertiary/aromatic N) is 3. The van der Waals surface area contributed by atoms with Crippen LogP contribution in [-0.4, -0.2) is 6.54 Å². The average Bonchev–Trinajstić information content (AvgIpc) is 2.25. The number of benzene rings is 1. The Morgan fingerprint density at radius 1 is 1.41 bits per heavy atom. The van der Waals surface area contributed by atoms with Gasteiger partial charge in [-0.3, -0.25) is 0 Å².